The van der Waals surface area contributed by atoms with Crippen molar-refractivity contribution in [3.8, 4) is 0 Å². The second-order valence-corrected chi connectivity index (χ2v) is 5.45. The van der Waals surface area contributed by atoms with Crippen molar-refractivity contribution in [3.05, 3.63) is 52.8 Å². The summed E-state index contributed by atoms with van der Waals surface area (Å²) in [4.78, 5) is 0. The van der Waals surface area contributed by atoms with E-state index in [0.29, 0.717) is 0 Å². The second kappa shape index (κ2) is 6.71. The summed E-state index contributed by atoms with van der Waals surface area (Å²) in [7, 11) is 0. The average Bonchev–Trinajstić information content (AvgIpc) is 2.80. The van der Waals surface area contributed by atoms with Crippen molar-refractivity contribution < 1.29 is 0 Å². The highest BCUT2D eigenvalue weighted by atomic mass is 15.3. The fourth-order valence-electron chi connectivity index (χ4n) is 2.61. The minimum atomic E-state index is 0.142. The summed E-state index contributed by atoms with van der Waals surface area (Å²) in [5.41, 5.74) is 11.3. The minimum absolute atomic E-state index is 0.142. The van der Waals surface area contributed by atoms with E-state index in [1.54, 1.807) is 0 Å². The van der Waals surface area contributed by atoms with E-state index in [9.17, 15) is 0 Å². The van der Waals surface area contributed by atoms with E-state index >= 15 is 0 Å². The first-order valence-electron chi connectivity index (χ1n) is 7.49. The van der Waals surface area contributed by atoms with E-state index in [2.05, 4.69) is 60.9 Å². The molecule has 1 aromatic carbocycles. The fraction of sp³-hybridized carbons (Fsp3) is 0.471. The van der Waals surface area contributed by atoms with Crippen LogP contribution in [0.2, 0.25) is 0 Å². The van der Waals surface area contributed by atoms with Gasteiger partial charge in [0, 0.05) is 24.7 Å². The zero-order valence-corrected chi connectivity index (χ0v) is 12.8. The molecule has 0 aliphatic rings. The van der Waals surface area contributed by atoms with Crippen LogP contribution in [0.1, 0.15) is 36.4 Å². The summed E-state index contributed by atoms with van der Waals surface area (Å²) in [6.07, 6.45) is 2.78. The molecule has 2 N–H and O–H groups in total. The van der Waals surface area contributed by atoms with Gasteiger partial charge in [0.2, 0.25) is 0 Å². The lowest BCUT2D eigenvalue weighted by Crippen LogP contribution is -2.26. The van der Waals surface area contributed by atoms with Crippen molar-refractivity contribution in [2.45, 2.75) is 52.6 Å². The molecular formula is C17H25N3. The van der Waals surface area contributed by atoms with Crippen molar-refractivity contribution in [1.29, 1.82) is 0 Å². The molecule has 0 saturated heterocycles. The molecule has 2 aromatic rings. The van der Waals surface area contributed by atoms with Gasteiger partial charge in [-0.3, -0.25) is 4.68 Å². The fourth-order valence-corrected chi connectivity index (χ4v) is 2.61. The van der Waals surface area contributed by atoms with Crippen molar-refractivity contribution in [2.24, 2.45) is 5.73 Å². The molecular weight excluding hydrogens is 246 g/mol. The first-order valence-corrected chi connectivity index (χ1v) is 7.49. The summed E-state index contributed by atoms with van der Waals surface area (Å²) < 4.78 is 2.08. The Morgan fingerprint density at radius 2 is 2.00 bits per heavy atom. The lowest BCUT2D eigenvalue weighted by atomic mass is 10.0. The van der Waals surface area contributed by atoms with Crippen LogP contribution in [-0.2, 0) is 25.8 Å². The number of hydrogen-bond donors (Lipinski definition) is 1. The Labute approximate surface area is 121 Å². The van der Waals surface area contributed by atoms with Crippen LogP contribution in [0.4, 0.5) is 0 Å². The van der Waals surface area contributed by atoms with Gasteiger partial charge in [0.15, 0.2) is 0 Å². The third-order valence-electron chi connectivity index (χ3n) is 3.63. The highest BCUT2D eigenvalue weighted by Gasteiger charge is 2.11. The predicted octanol–water partition coefficient (Wildman–Crippen LogP) is 2.89. The van der Waals surface area contributed by atoms with Crippen LogP contribution in [0.3, 0.4) is 0 Å². The summed E-state index contributed by atoms with van der Waals surface area (Å²) in [5, 5.41) is 4.58. The first-order chi connectivity index (χ1) is 9.62. The zero-order chi connectivity index (χ0) is 14.5. The van der Waals surface area contributed by atoms with Crippen LogP contribution in [0.5, 0.6) is 0 Å². The quantitative estimate of drug-likeness (QED) is 0.878. The Morgan fingerprint density at radius 1 is 1.20 bits per heavy atom. The first kappa shape index (κ1) is 14.8. The molecule has 0 amide bonds. The van der Waals surface area contributed by atoms with Gasteiger partial charge in [0.25, 0.3) is 0 Å². The van der Waals surface area contributed by atoms with Crippen molar-refractivity contribution >= 4 is 0 Å². The molecule has 0 aliphatic carbocycles. The molecule has 0 radical (unpaired) electrons. The lowest BCUT2D eigenvalue weighted by molar-refractivity contribution is 0.573. The number of aryl methyl sites for hydroxylation is 3. The van der Waals surface area contributed by atoms with Gasteiger partial charge < -0.3 is 5.73 Å². The van der Waals surface area contributed by atoms with Gasteiger partial charge >= 0.3 is 0 Å². The van der Waals surface area contributed by atoms with Gasteiger partial charge in [0.1, 0.15) is 0 Å². The number of nitrogens with zero attached hydrogens (tertiary/aromatic N) is 2. The maximum absolute atomic E-state index is 6.32. The summed E-state index contributed by atoms with van der Waals surface area (Å²) in [5.74, 6) is 0. The molecule has 1 heterocycles. The monoisotopic (exact) mass is 271 g/mol. The number of rotatable bonds is 6. The van der Waals surface area contributed by atoms with Crippen LogP contribution < -0.4 is 5.73 Å². The molecule has 3 heteroatoms. The molecule has 0 saturated carbocycles. The topological polar surface area (TPSA) is 43.8 Å². The Balaban J connectivity index is 2.04. The molecule has 108 valence electrons. The van der Waals surface area contributed by atoms with Crippen molar-refractivity contribution in [1.82, 2.24) is 9.78 Å². The number of aromatic nitrogens is 2. The molecule has 0 fully saturated rings. The van der Waals surface area contributed by atoms with E-state index in [1.807, 2.05) is 0 Å². The van der Waals surface area contributed by atoms with Gasteiger partial charge in [-0.25, -0.2) is 0 Å². The molecule has 20 heavy (non-hydrogen) atoms. The van der Waals surface area contributed by atoms with E-state index in [-0.39, 0.29) is 6.04 Å². The van der Waals surface area contributed by atoms with E-state index in [4.69, 9.17) is 5.73 Å². The Hall–Kier alpha value is -1.61. The Bertz CT molecular complexity index is 557. The van der Waals surface area contributed by atoms with Crippen LogP contribution >= 0.6 is 0 Å². The smallest absolute Gasteiger partial charge is 0.0624 e. The van der Waals surface area contributed by atoms with Crippen LogP contribution in [0.15, 0.2) is 30.3 Å². The predicted molar refractivity (Wildman–Crippen MR) is 83.8 cm³/mol. The van der Waals surface area contributed by atoms with Crippen LogP contribution in [0.25, 0.3) is 0 Å². The van der Waals surface area contributed by atoms with Gasteiger partial charge in [0.05, 0.1) is 5.69 Å². The third-order valence-corrected chi connectivity index (χ3v) is 3.63. The lowest BCUT2D eigenvalue weighted by Gasteiger charge is -2.13. The largest absolute Gasteiger partial charge is 0.327 e. The molecule has 1 atom stereocenters. The third kappa shape index (κ3) is 3.70. The zero-order valence-electron chi connectivity index (χ0n) is 12.8. The highest BCUT2D eigenvalue weighted by Crippen LogP contribution is 2.11. The average molecular weight is 271 g/mol. The standard InChI is InChI=1S/C17H25N3/c1-4-16-12-17(20(5-2)19-16)11-15(18)10-14-8-6-7-13(3)9-14/h6-9,12,15H,4-5,10-11,18H2,1-3H3. The Kier molecular flexibility index (Phi) is 4.96. The molecule has 3 nitrogen and oxygen atoms in total. The van der Waals surface area contributed by atoms with Crippen LogP contribution in [0, 0.1) is 6.92 Å². The van der Waals surface area contributed by atoms with Gasteiger partial charge in [-0.15, -0.1) is 0 Å². The van der Waals surface area contributed by atoms with E-state index in [1.165, 1.54) is 16.8 Å². The minimum Gasteiger partial charge on any atom is -0.327 e. The van der Waals surface area contributed by atoms with Crippen molar-refractivity contribution in [2.75, 3.05) is 0 Å². The Morgan fingerprint density at radius 3 is 2.65 bits per heavy atom. The number of nitrogens with two attached hydrogens (primary N) is 1. The molecule has 1 aromatic heterocycles. The van der Waals surface area contributed by atoms with E-state index < -0.39 is 0 Å². The van der Waals surface area contributed by atoms with Gasteiger partial charge in [-0.2, -0.15) is 5.10 Å². The SMILES string of the molecule is CCc1cc(CC(N)Cc2cccc(C)c2)n(CC)n1. The molecule has 0 bridgehead atoms. The second-order valence-electron chi connectivity index (χ2n) is 5.45. The number of hydrogen-bond acceptors (Lipinski definition) is 2. The van der Waals surface area contributed by atoms with Gasteiger partial charge in [-0.1, -0.05) is 36.8 Å². The van der Waals surface area contributed by atoms with Crippen molar-refractivity contribution in [3.63, 3.8) is 0 Å². The normalized spacial score (nSPS) is 12.6. The molecule has 1 unspecified atom stereocenters. The number of benzene rings is 1. The maximum Gasteiger partial charge on any atom is 0.0624 e. The van der Waals surface area contributed by atoms with E-state index in [0.717, 1.165) is 31.5 Å². The summed E-state index contributed by atoms with van der Waals surface area (Å²) in [6.45, 7) is 7.29. The molecule has 2 rings (SSSR count). The maximum atomic E-state index is 6.32. The highest BCUT2D eigenvalue weighted by molar-refractivity contribution is 5.23. The van der Waals surface area contributed by atoms with Gasteiger partial charge in [-0.05, 0) is 38.3 Å². The summed E-state index contributed by atoms with van der Waals surface area (Å²) in [6, 6.07) is 10.9. The molecule has 0 aliphatic heterocycles. The molecule has 0 spiro atoms. The summed E-state index contributed by atoms with van der Waals surface area (Å²) >= 11 is 0. The van der Waals surface area contributed by atoms with Crippen LogP contribution in [-0.4, -0.2) is 15.8 Å².